The third-order valence-electron chi connectivity index (χ3n) is 7.03. The molecule has 0 spiro atoms. The van der Waals surface area contributed by atoms with E-state index in [-0.39, 0.29) is 11.9 Å². The molecular formula is C24H27FN4O. The number of rotatable bonds is 0. The van der Waals surface area contributed by atoms with Gasteiger partial charge in [0.25, 0.3) is 0 Å². The normalized spacial score (nSPS) is 26.5. The molecule has 6 bridgehead atoms. The Hall–Kier alpha value is -2.60. The van der Waals surface area contributed by atoms with Gasteiger partial charge in [0.1, 0.15) is 29.1 Å². The van der Waals surface area contributed by atoms with E-state index in [1.165, 1.54) is 31.9 Å². The van der Waals surface area contributed by atoms with Crippen LogP contribution in [0.3, 0.4) is 0 Å². The second kappa shape index (κ2) is 7.27. The Kier molecular flexibility index (Phi) is 4.41. The molecule has 3 atom stereocenters. The second-order valence-corrected chi connectivity index (χ2v) is 9.00. The van der Waals surface area contributed by atoms with Crippen LogP contribution in [0.2, 0.25) is 0 Å². The molecule has 156 valence electrons. The van der Waals surface area contributed by atoms with Gasteiger partial charge < -0.3 is 14.5 Å². The molecule has 5 heterocycles. The van der Waals surface area contributed by atoms with Crippen molar-refractivity contribution in [2.75, 3.05) is 25.0 Å². The van der Waals surface area contributed by atoms with Crippen LogP contribution in [0.15, 0.2) is 42.7 Å². The summed E-state index contributed by atoms with van der Waals surface area (Å²) in [5.74, 6) is 1.96. The van der Waals surface area contributed by atoms with Crippen molar-refractivity contribution in [3.63, 3.8) is 0 Å². The van der Waals surface area contributed by atoms with Crippen LogP contribution >= 0.6 is 0 Å². The first-order valence-electron chi connectivity index (χ1n) is 11.2. The molecule has 2 fully saturated rings. The fourth-order valence-corrected chi connectivity index (χ4v) is 5.58. The van der Waals surface area contributed by atoms with Gasteiger partial charge in [-0.15, -0.1) is 0 Å². The van der Waals surface area contributed by atoms with Crippen molar-refractivity contribution >= 4 is 11.5 Å². The van der Waals surface area contributed by atoms with Crippen LogP contribution in [-0.4, -0.2) is 46.1 Å². The van der Waals surface area contributed by atoms with Crippen molar-refractivity contribution in [3.05, 3.63) is 48.5 Å². The van der Waals surface area contributed by atoms with Crippen molar-refractivity contribution in [2.45, 2.75) is 44.2 Å². The van der Waals surface area contributed by atoms with Crippen LogP contribution in [0.5, 0.6) is 5.75 Å². The number of nitrogens with one attached hydrogen (secondary N) is 1. The molecular weight excluding hydrogens is 379 g/mol. The number of hydrogen-bond acceptors (Lipinski definition) is 4. The van der Waals surface area contributed by atoms with Gasteiger partial charge in [-0.05, 0) is 74.9 Å². The molecule has 3 aliphatic heterocycles. The maximum atomic E-state index is 14.8. The van der Waals surface area contributed by atoms with Crippen molar-refractivity contribution in [2.24, 2.45) is 5.92 Å². The van der Waals surface area contributed by atoms with Gasteiger partial charge in [-0.3, -0.25) is 4.90 Å². The maximum Gasteiger partial charge on any atom is 0.147 e. The number of anilines is 1. The van der Waals surface area contributed by atoms with E-state index < -0.39 is 0 Å². The molecule has 1 N–H and O–H groups in total. The van der Waals surface area contributed by atoms with E-state index in [4.69, 9.17) is 9.72 Å². The molecule has 1 unspecified atom stereocenters. The Morgan fingerprint density at radius 3 is 2.97 bits per heavy atom. The molecule has 2 aromatic heterocycles. The zero-order chi connectivity index (χ0) is 20.1. The number of benzene rings is 1. The highest BCUT2D eigenvalue weighted by Gasteiger charge is 2.34. The number of fused-ring (bicyclic) bond motifs is 7. The molecule has 1 aromatic carbocycles. The number of hydrogen-bond donors (Lipinski definition) is 1. The Labute approximate surface area is 175 Å². The highest BCUT2D eigenvalue weighted by atomic mass is 19.1. The van der Waals surface area contributed by atoms with Gasteiger partial charge in [0, 0.05) is 42.7 Å². The third kappa shape index (κ3) is 3.23. The first-order valence-corrected chi connectivity index (χ1v) is 11.2. The predicted molar refractivity (Wildman–Crippen MR) is 115 cm³/mol. The number of ether oxygens (including phenoxy) is 1. The minimum absolute atomic E-state index is 0.143. The van der Waals surface area contributed by atoms with E-state index >= 15 is 0 Å². The highest BCUT2D eigenvalue weighted by molar-refractivity contribution is 5.80. The molecule has 5 nitrogen and oxygen atoms in total. The molecule has 30 heavy (non-hydrogen) atoms. The van der Waals surface area contributed by atoms with E-state index in [0.717, 1.165) is 48.7 Å². The number of halogens is 1. The lowest BCUT2D eigenvalue weighted by Crippen LogP contribution is -2.36. The average molecular weight is 407 g/mol. The zero-order valence-corrected chi connectivity index (χ0v) is 17.1. The molecule has 6 rings (SSSR count). The largest absolute Gasteiger partial charge is 0.489 e. The Bertz CT molecular complexity index is 1080. The van der Waals surface area contributed by atoms with Crippen LogP contribution in [0.1, 0.15) is 32.1 Å². The smallest absolute Gasteiger partial charge is 0.147 e. The van der Waals surface area contributed by atoms with E-state index in [1.807, 2.05) is 35.0 Å². The summed E-state index contributed by atoms with van der Waals surface area (Å²) in [7, 11) is 0. The standard InChI is InChI=1S/C24H27FN4O/c25-22-4-3-18-14-21(22)20-6-10-28-11-7-23(27-24(20)28)26-8-5-16-12-17-2-1-9-29(17)15-19(13-16)30-18/h3-4,6-7,10-11,14,16-17,19H,1-2,5,8-9,12-13,15H2,(H,26,27)/t16?,17-,19-/m0/s1. The van der Waals surface area contributed by atoms with Crippen molar-refractivity contribution < 1.29 is 9.13 Å². The maximum absolute atomic E-state index is 14.8. The lowest BCUT2D eigenvalue weighted by atomic mass is 9.92. The Morgan fingerprint density at radius 1 is 1.07 bits per heavy atom. The molecule has 2 saturated heterocycles. The summed E-state index contributed by atoms with van der Waals surface area (Å²) in [4.78, 5) is 7.40. The third-order valence-corrected chi connectivity index (χ3v) is 7.03. The van der Waals surface area contributed by atoms with E-state index in [2.05, 4.69) is 10.2 Å². The van der Waals surface area contributed by atoms with Gasteiger partial charge in [-0.1, -0.05) is 0 Å². The summed E-state index contributed by atoms with van der Waals surface area (Å²) in [5.41, 5.74) is 2.09. The summed E-state index contributed by atoms with van der Waals surface area (Å²) in [6.07, 6.45) is 10.0. The monoisotopic (exact) mass is 406 g/mol. The predicted octanol–water partition coefficient (Wildman–Crippen LogP) is 4.58. The van der Waals surface area contributed by atoms with Crippen LogP contribution in [-0.2, 0) is 0 Å². The lowest BCUT2D eigenvalue weighted by Gasteiger charge is -2.25. The molecule has 0 aliphatic carbocycles. The summed E-state index contributed by atoms with van der Waals surface area (Å²) >= 11 is 0. The second-order valence-electron chi connectivity index (χ2n) is 9.00. The number of aromatic nitrogens is 2. The first kappa shape index (κ1) is 18.2. The molecule has 0 amide bonds. The van der Waals surface area contributed by atoms with Gasteiger partial charge in [0.05, 0.1) is 0 Å². The van der Waals surface area contributed by atoms with Crippen LogP contribution in [0.25, 0.3) is 16.8 Å². The summed E-state index contributed by atoms with van der Waals surface area (Å²) in [6, 6.07) is 9.74. The minimum atomic E-state index is -0.249. The summed E-state index contributed by atoms with van der Waals surface area (Å²) in [6.45, 7) is 3.03. The molecule has 3 aliphatic rings. The van der Waals surface area contributed by atoms with Gasteiger partial charge in [0.2, 0.25) is 0 Å². The Morgan fingerprint density at radius 2 is 2.00 bits per heavy atom. The number of nitrogens with zero attached hydrogens (tertiary/aromatic N) is 3. The van der Waals surface area contributed by atoms with Crippen molar-refractivity contribution in [1.29, 1.82) is 0 Å². The molecule has 0 radical (unpaired) electrons. The molecule has 6 heteroatoms. The van der Waals surface area contributed by atoms with E-state index in [9.17, 15) is 4.39 Å². The van der Waals surface area contributed by atoms with E-state index in [0.29, 0.717) is 17.5 Å². The topological polar surface area (TPSA) is 41.8 Å². The van der Waals surface area contributed by atoms with Gasteiger partial charge in [0.15, 0.2) is 0 Å². The SMILES string of the molecule is Fc1ccc2cc1-c1ccn3ccc(nc13)NCCC1C[C@@H](CN3CCC[C@H]3C1)O2. The summed E-state index contributed by atoms with van der Waals surface area (Å²) < 4.78 is 23.2. The van der Waals surface area contributed by atoms with Crippen LogP contribution < -0.4 is 10.1 Å². The average Bonchev–Trinajstić information content (AvgIpc) is 3.31. The highest BCUT2D eigenvalue weighted by Crippen LogP contribution is 2.35. The van der Waals surface area contributed by atoms with Crippen molar-refractivity contribution in [1.82, 2.24) is 14.3 Å². The minimum Gasteiger partial charge on any atom is -0.489 e. The van der Waals surface area contributed by atoms with Crippen LogP contribution in [0.4, 0.5) is 10.2 Å². The lowest BCUT2D eigenvalue weighted by molar-refractivity contribution is 0.134. The summed E-state index contributed by atoms with van der Waals surface area (Å²) in [5, 5.41) is 3.50. The van der Waals surface area contributed by atoms with Crippen LogP contribution in [0, 0.1) is 11.7 Å². The van der Waals surface area contributed by atoms with Gasteiger partial charge in [-0.25, -0.2) is 9.37 Å². The quantitative estimate of drug-likeness (QED) is 0.594. The first-order chi connectivity index (χ1) is 14.7. The van der Waals surface area contributed by atoms with E-state index in [1.54, 1.807) is 6.07 Å². The Balaban J connectivity index is 1.44. The van der Waals surface area contributed by atoms with Gasteiger partial charge in [-0.2, -0.15) is 0 Å². The zero-order valence-electron chi connectivity index (χ0n) is 17.1. The van der Waals surface area contributed by atoms with Crippen molar-refractivity contribution in [3.8, 4) is 16.9 Å². The fourth-order valence-electron chi connectivity index (χ4n) is 5.58. The fraction of sp³-hybridized carbons (Fsp3) is 0.458. The molecule has 0 saturated carbocycles. The van der Waals surface area contributed by atoms with Gasteiger partial charge >= 0.3 is 0 Å². The molecule has 3 aromatic rings.